The quantitative estimate of drug-likeness (QED) is 0.335. The summed E-state index contributed by atoms with van der Waals surface area (Å²) in [5.41, 5.74) is 4.89. The minimum absolute atomic E-state index is 0.0211. The molecule has 0 radical (unpaired) electrons. The fourth-order valence-electron chi connectivity index (χ4n) is 3.90. The van der Waals surface area contributed by atoms with Crippen LogP contribution in [0.1, 0.15) is 11.3 Å². The Hall–Kier alpha value is -3.85. The monoisotopic (exact) mass is 518 g/mol. The zero-order valence-corrected chi connectivity index (χ0v) is 19.8. The summed E-state index contributed by atoms with van der Waals surface area (Å²) in [6, 6.07) is 15.8. The summed E-state index contributed by atoms with van der Waals surface area (Å²) >= 11 is 3.39. The molecule has 0 bridgehead atoms. The van der Waals surface area contributed by atoms with E-state index in [1.54, 1.807) is 29.2 Å². The Bertz CT molecular complexity index is 1470. The SMILES string of the molecule is Cc1nn(CC(=O)Nc2ccc(Cn3cc(Br)cn3)cc2)c2nccc(-c3ccc(F)cc3)c12. The van der Waals surface area contributed by atoms with Gasteiger partial charge in [-0.2, -0.15) is 10.2 Å². The van der Waals surface area contributed by atoms with Crippen molar-refractivity contribution in [2.75, 3.05) is 5.32 Å². The fourth-order valence-corrected chi connectivity index (χ4v) is 4.23. The van der Waals surface area contributed by atoms with Crippen molar-refractivity contribution >= 4 is 38.6 Å². The van der Waals surface area contributed by atoms with E-state index in [4.69, 9.17) is 0 Å². The van der Waals surface area contributed by atoms with Crippen LogP contribution in [0, 0.1) is 12.7 Å². The van der Waals surface area contributed by atoms with Crippen molar-refractivity contribution in [3.63, 3.8) is 0 Å². The van der Waals surface area contributed by atoms with Crippen LogP contribution in [0.4, 0.5) is 10.1 Å². The minimum Gasteiger partial charge on any atom is -0.324 e. The normalized spacial score (nSPS) is 11.1. The largest absolute Gasteiger partial charge is 0.324 e. The van der Waals surface area contributed by atoms with Gasteiger partial charge in [0.05, 0.1) is 22.9 Å². The van der Waals surface area contributed by atoms with Crippen LogP contribution in [-0.4, -0.2) is 30.5 Å². The number of halogens is 2. The number of anilines is 1. The summed E-state index contributed by atoms with van der Waals surface area (Å²) in [5, 5.41) is 12.6. The van der Waals surface area contributed by atoms with E-state index in [1.807, 2.05) is 48.1 Å². The predicted octanol–water partition coefficient (Wildman–Crippen LogP) is 5.19. The van der Waals surface area contributed by atoms with Gasteiger partial charge in [0.25, 0.3) is 0 Å². The second kappa shape index (κ2) is 9.18. The highest BCUT2D eigenvalue weighted by molar-refractivity contribution is 9.10. The first-order valence-electron chi connectivity index (χ1n) is 10.6. The predicted molar refractivity (Wildman–Crippen MR) is 132 cm³/mol. The molecule has 0 atom stereocenters. The van der Waals surface area contributed by atoms with Gasteiger partial charge in [-0.15, -0.1) is 0 Å². The summed E-state index contributed by atoms with van der Waals surface area (Å²) < 4.78 is 17.7. The molecule has 1 N–H and O–H groups in total. The lowest BCUT2D eigenvalue weighted by molar-refractivity contribution is -0.116. The number of amides is 1. The number of fused-ring (bicyclic) bond motifs is 1. The van der Waals surface area contributed by atoms with Crippen molar-refractivity contribution in [1.29, 1.82) is 0 Å². The number of carbonyl (C=O) groups excluding carboxylic acids is 1. The van der Waals surface area contributed by atoms with Crippen LogP contribution in [-0.2, 0) is 17.9 Å². The van der Waals surface area contributed by atoms with Crippen molar-refractivity contribution < 1.29 is 9.18 Å². The van der Waals surface area contributed by atoms with E-state index in [-0.39, 0.29) is 18.3 Å². The fraction of sp³-hybridized carbons (Fsp3) is 0.120. The summed E-state index contributed by atoms with van der Waals surface area (Å²) in [4.78, 5) is 17.2. The molecular formula is C25H20BrFN6O. The molecule has 3 heterocycles. The highest BCUT2D eigenvalue weighted by atomic mass is 79.9. The lowest BCUT2D eigenvalue weighted by Gasteiger charge is -2.08. The Morgan fingerprint density at radius 3 is 2.56 bits per heavy atom. The highest BCUT2D eigenvalue weighted by Crippen LogP contribution is 2.30. The first kappa shape index (κ1) is 22.0. The van der Waals surface area contributed by atoms with Gasteiger partial charge in [-0.05, 0) is 69.9 Å². The molecule has 9 heteroatoms. The van der Waals surface area contributed by atoms with E-state index in [0.29, 0.717) is 17.9 Å². The number of rotatable bonds is 6. The van der Waals surface area contributed by atoms with Crippen LogP contribution in [0.5, 0.6) is 0 Å². The number of hydrogen-bond donors (Lipinski definition) is 1. The molecule has 0 spiro atoms. The van der Waals surface area contributed by atoms with Crippen molar-refractivity contribution in [3.05, 3.63) is 94.7 Å². The lowest BCUT2D eigenvalue weighted by Crippen LogP contribution is -2.19. The van der Waals surface area contributed by atoms with Crippen molar-refractivity contribution in [2.24, 2.45) is 0 Å². The smallest absolute Gasteiger partial charge is 0.246 e. The second-order valence-electron chi connectivity index (χ2n) is 7.91. The number of carbonyl (C=O) groups is 1. The standard InChI is InChI=1S/C25H20BrFN6O/c1-16-24-22(18-4-6-20(27)7-5-18)10-11-28-25(24)33(31-16)15-23(34)30-21-8-2-17(3-9-21)13-32-14-19(26)12-29-32/h2-12,14H,13,15H2,1H3,(H,30,34). The topological polar surface area (TPSA) is 77.6 Å². The number of hydrogen-bond acceptors (Lipinski definition) is 4. The number of aryl methyl sites for hydroxylation is 1. The van der Waals surface area contributed by atoms with Crippen LogP contribution in [0.15, 0.2) is 77.7 Å². The number of benzene rings is 2. The molecular weight excluding hydrogens is 499 g/mol. The third-order valence-electron chi connectivity index (χ3n) is 5.44. The van der Waals surface area contributed by atoms with E-state index in [0.717, 1.165) is 32.2 Å². The maximum Gasteiger partial charge on any atom is 0.246 e. The van der Waals surface area contributed by atoms with Crippen molar-refractivity contribution in [2.45, 2.75) is 20.0 Å². The van der Waals surface area contributed by atoms with Gasteiger partial charge in [-0.3, -0.25) is 9.48 Å². The average molecular weight is 519 g/mol. The molecule has 5 rings (SSSR count). The molecule has 7 nitrogen and oxygen atoms in total. The Balaban J connectivity index is 1.32. The molecule has 34 heavy (non-hydrogen) atoms. The van der Waals surface area contributed by atoms with Gasteiger partial charge >= 0.3 is 0 Å². The van der Waals surface area contributed by atoms with E-state index in [1.165, 1.54) is 12.1 Å². The second-order valence-corrected chi connectivity index (χ2v) is 8.82. The van der Waals surface area contributed by atoms with Gasteiger partial charge in [0.15, 0.2) is 5.65 Å². The summed E-state index contributed by atoms with van der Waals surface area (Å²) in [7, 11) is 0. The molecule has 0 aliphatic carbocycles. The van der Waals surface area contributed by atoms with Gasteiger partial charge in [0, 0.05) is 23.5 Å². The van der Waals surface area contributed by atoms with Crippen molar-refractivity contribution in [1.82, 2.24) is 24.5 Å². The first-order valence-corrected chi connectivity index (χ1v) is 11.4. The first-order chi connectivity index (χ1) is 16.5. The van der Waals surface area contributed by atoms with E-state index >= 15 is 0 Å². The summed E-state index contributed by atoms with van der Waals surface area (Å²) in [6.07, 6.45) is 5.32. The van der Waals surface area contributed by atoms with Crippen molar-refractivity contribution in [3.8, 4) is 11.1 Å². The molecule has 0 saturated heterocycles. The zero-order chi connectivity index (χ0) is 23.7. The number of pyridine rings is 1. The molecule has 3 aromatic heterocycles. The summed E-state index contributed by atoms with van der Waals surface area (Å²) in [5.74, 6) is -0.497. The molecule has 0 fully saturated rings. The van der Waals surface area contributed by atoms with Crippen LogP contribution in [0.25, 0.3) is 22.2 Å². The summed E-state index contributed by atoms with van der Waals surface area (Å²) in [6.45, 7) is 2.54. The van der Waals surface area contributed by atoms with Crippen LogP contribution in [0.2, 0.25) is 0 Å². The lowest BCUT2D eigenvalue weighted by atomic mass is 10.0. The number of nitrogens with one attached hydrogen (secondary N) is 1. The third kappa shape index (κ3) is 4.60. The van der Waals surface area contributed by atoms with Gasteiger partial charge in [0.2, 0.25) is 5.91 Å². The maximum absolute atomic E-state index is 13.4. The molecule has 0 saturated carbocycles. The van der Waals surface area contributed by atoms with Crippen LogP contribution < -0.4 is 5.32 Å². The third-order valence-corrected chi connectivity index (χ3v) is 5.85. The van der Waals surface area contributed by atoms with E-state index in [9.17, 15) is 9.18 Å². The maximum atomic E-state index is 13.4. The number of nitrogens with zero attached hydrogens (tertiary/aromatic N) is 5. The Morgan fingerprint density at radius 2 is 1.85 bits per heavy atom. The Morgan fingerprint density at radius 1 is 1.09 bits per heavy atom. The van der Waals surface area contributed by atoms with Gasteiger partial charge in [-0.1, -0.05) is 24.3 Å². The van der Waals surface area contributed by atoms with E-state index < -0.39 is 0 Å². The highest BCUT2D eigenvalue weighted by Gasteiger charge is 2.16. The molecule has 2 aromatic carbocycles. The number of aromatic nitrogens is 5. The van der Waals surface area contributed by atoms with Gasteiger partial charge < -0.3 is 5.32 Å². The van der Waals surface area contributed by atoms with Crippen LogP contribution >= 0.6 is 15.9 Å². The zero-order valence-electron chi connectivity index (χ0n) is 18.2. The van der Waals surface area contributed by atoms with Crippen LogP contribution in [0.3, 0.4) is 0 Å². The Kier molecular flexibility index (Phi) is 5.93. The molecule has 170 valence electrons. The molecule has 0 aliphatic rings. The van der Waals surface area contributed by atoms with Gasteiger partial charge in [0.1, 0.15) is 12.4 Å². The molecule has 0 aliphatic heterocycles. The Labute approximate surface area is 203 Å². The van der Waals surface area contributed by atoms with Gasteiger partial charge in [-0.25, -0.2) is 14.1 Å². The molecule has 0 unspecified atom stereocenters. The van der Waals surface area contributed by atoms with E-state index in [2.05, 4.69) is 36.4 Å². The molecule has 1 amide bonds. The average Bonchev–Trinajstić information content (AvgIpc) is 3.38. The minimum atomic E-state index is -0.291. The molecule has 5 aromatic rings.